The van der Waals surface area contributed by atoms with Crippen molar-refractivity contribution in [2.45, 2.75) is 43.6 Å². The maximum Gasteiger partial charge on any atom is 0.251 e. The van der Waals surface area contributed by atoms with Gasteiger partial charge in [-0.05, 0) is 37.5 Å². The molecule has 1 heterocycles. The fourth-order valence-corrected chi connectivity index (χ4v) is 3.50. The van der Waals surface area contributed by atoms with E-state index in [-0.39, 0.29) is 16.9 Å². The minimum absolute atomic E-state index is 0.0570. The van der Waals surface area contributed by atoms with E-state index in [1.54, 1.807) is 12.1 Å². The summed E-state index contributed by atoms with van der Waals surface area (Å²) in [7, 11) is -3.57. The topological polar surface area (TPSA) is 84.5 Å². The number of benzene rings is 1. The number of hydrogen-bond acceptors (Lipinski definition) is 4. The van der Waals surface area contributed by atoms with E-state index in [2.05, 4.69) is 10.0 Å². The second-order valence-corrected chi connectivity index (χ2v) is 7.39. The molecular weight excluding hydrogens is 316 g/mol. The number of nitrogens with one attached hydrogen (secondary N) is 2. The molecule has 6 nitrogen and oxygen atoms in total. The number of carbonyl (C=O) groups excluding carboxylic acids is 1. The van der Waals surface area contributed by atoms with Gasteiger partial charge in [-0.25, -0.2) is 13.1 Å². The van der Waals surface area contributed by atoms with E-state index in [0.29, 0.717) is 18.7 Å². The summed E-state index contributed by atoms with van der Waals surface area (Å²) < 4.78 is 32.4. The molecule has 0 spiro atoms. The van der Waals surface area contributed by atoms with E-state index >= 15 is 0 Å². The minimum Gasteiger partial charge on any atom is -0.376 e. The second-order valence-electron chi connectivity index (χ2n) is 5.62. The lowest BCUT2D eigenvalue weighted by Gasteiger charge is -2.11. The van der Waals surface area contributed by atoms with E-state index in [1.165, 1.54) is 12.1 Å². The average Bonchev–Trinajstić information content (AvgIpc) is 3.06. The summed E-state index contributed by atoms with van der Waals surface area (Å²) in [5.74, 6) is -0.286. The van der Waals surface area contributed by atoms with Gasteiger partial charge in [0.2, 0.25) is 10.0 Å². The first kappa shape index (κ1) is 17.9. The Bertz CT molecular complexity index is 625. The lowest BCUT2D eigenvalue weighted by atomic mass is 10.2. The lowest BCUT2D eigenvalue weighted by Crippen LogP contribution is -2.32. The number of carbonyl (C=O) groups is 1. The molecule has 7 heteroatoms. The molecule has 2 rings (SSSR count). The summed E-state index contributed by atoms with van der Waals surface area (Å²) in [6.45, 7) is 3.57. The molecule has 0 bridgehead atoms. The molecular formula is C16H24N2O4S. The van der Waals surface area contributed by atoms with E-state index in [4.69, 9.17) is 4.74 Å². The molecule has 1 fully saturated rings. The van der Waals surface area contributed by atoms with Gasteiger partial charge in [0.15, 0.2) is 0 Å². The molecule has 1 aromatic carbocycles. The molecule has 1 aromatic rings. The van der Waals surface area contributed by atoms with Gasteiger partial charge in [-0.2, -0.15) is 0 Å². The maximum atomic E-state index is 12.2. The van der Waals surface area contributed by atoms with Crippen LogP contribution >= 0.6 is 0 Å². The molecule has 1 aliphatic heterocycles. The highest BCUT2D eigenvalue weighted by Gasteiger charge is 2.18. The van der Waals surface area contributed by atoms with Gasteiger partial charge in [-0.15, -0.1) is 0 Å². The van der Waals surface area contributed by atoms with Crippen LogP contribution < -0.4 is 10.0 Å². The zero-order valence-corrected chi connectivity index (χ0v) is 14.2. The molecule has 0 saturated carbocycles. The van der Waals surface area contributed by atoms with Gasteiger partial charge >= 0.3 is 0 Å². The Kier molecular flexibility index (Phi) is 6.56. The number of amides is 1. The van der Waals surface area contributed by atoms with Crippen LogP contribution in [0.4, 0.5) is 0 Å². The van der Waals surface area contributed by atoms with Crippen molar-refractivity contribution in [1.82, 2.24) is 10.0 Å². The van der Waals surface area contributed by atoms with E-state index in [1.807, 2.05) is 6.92 Å². The predicted molar refractivity (Wildman–Crippen MR) is 87.8 cm³/mol. The molecule has 0 aromatic heterocycles. The smallest absolute Gasteiger partial charge is 0.251 e. The summed E-state index contributed by atoms with van der Waals surface area (Å²) in [6.07, 6.45) is 3.70. The van der Waals surface area contributed by atoms with Crippen molar-refractivity contribution in [3.05, 3.63) is 29.8 Å². The van der Waals surface area contributed by atoms with Crippen LogP contribution in [0.5, 0.6) is 0 Å². The molecule has 1 aliphatic rings. The number of unbranched alkanes of at least 4 members (excludes halogenated alkanes) is 1. The third-order valence-corrected chi connectivity index (χ3v) is 5.20. The molecule has 0 radical (unpaired) electrons. The zero-order valence-electron chi connectivity index (χ0n) is 13.4. The lowest BCUT2D eigenvalue weighted by molar-refractivity contribution is 0.0857. The molecule has 1 amide bonds. The van der Waals surface area contributed by atoms with Crippen LogP contribution in [-0.4, -0.2) is 40.1 Å². The fourth-order valence-electron chi connectivity index (χ4n) is 2.39. The summed E-state index contributed by atoms with van der Waals surface area (Å²) in [6, 6.07) is 6.08. The number of rotatable bonds is 8. The first-order valence-corrected chi connectivity index (χ1v) is 9.51. The molecule has 1 atom stereocenters. The highest BCUT2D eigenvalue weighted by atomic mass is 32.2. The average molecular weight is 340 g/mol. The quantitative estimate of drug-likeness (QED) is 0.705. The van der Waals surface area contributed by atoms with Crippen molar-refractivity contribution in [3.8, 4) is 0 Å². The monoisotopic (exact) mass is 340 g/mol. The summed E-state index contributed by atoms with van der Waals surface area (Å²) in [4.78, 5) is 12.3. The highest BCUT2D eigenvalue weighted by molar-refractivity contribution is 7.89. The Balaban J connectivity index is 1.99. The van der Waals surface area contributed by atoms with Crippen LogP contribution in [0.3, 0.4) is 0 Å². The van der Waals surface area contributed by atoms with Gasteiger partial charge < -0.3 is 10.1 Å². The predicted octanol–water partition coefficient (Wildman–Crippen LogP) is 1.67. The number of ether oxygens (including phenoxy) is 1. The van der Waals surface area contributed by atoms with Crippen molar-refractivity contribution in [1.29, 1.82) is 0 Å². The normalized spacial score (nSPS) is 18.0. The summed E-state index contributed by atoms with van der Waals surface area (Å²) in [5.41, 5.74) is 0.335. The van der Waals surface area contributed by atoms with Crippen molar-refractivity contribution < 1.29 is 17.9 Å². The van der Waals surface area contributed by atoms with Crippen molar-refractivity contribution in [3.63, 3.8) is 0 Å². The summed E-state index contributed by atoms with van der Waals surface area (Å²) >= 11 is 0. The fraction of sp³-hybridized carbons (Fsp3) is 0.562. The standard InChI is InChI=1S/C16H24N2O4S/c1-2-3-9-18-23(20,21)15-8-4-6-13(11-15)16(19)17-12-14-7-5-10-22-14/h4,6,8,11,14,18H,2-3,5,7,9-10,12H2,1H3,(H,17,19)/t14-/m1/s1. The van der Waals surface area contributed by atoms with Crippen LogP contribution in [0.25, 0.3) is 0 Å². The Labute approximate surface area is 137 Å². The van der Waals surface area contributed by atoms with Gasteiger partial charge in [0.25, 0.3) is 5.91 Å². The Morgan fingerprint density at radius 3 is 2.91 bits per heavy atom. The number of sulfonamides is 1. The largest absolute Gasteiger partial charge is 0.376 e. The third kappa shape index (κ3) is 5.30. The highest BCUT2D eigenvalue weighted by Crippen LogP contribution is 2.13. The van der Waals surface area contributed by atoms with E-state index in [0.717, 1.165) is 32.3 Å². The van der Waals surface area contributed by atoms with Gasteiger partial charge in [-0.3, -0.25) is 4.79 Å². The van der Waals surface area contributed by atoms with E-state index < -0.39 is 10.0 Å². The van der Waals surface area contributed by atoms with Crippen LogP contribution in [0.2, 0.25) is 0 Å². The molecule has 1 saturated heterocycles. The molecule has 0 aliphatic carbocycles. The van der Waals surface area contributed by atoms with Gasteiger partial charge in [0, 0.05) is 25.3 Å². The van der Waals surface area contributed by atoms with Gasteiger partial charge in [0.1, 0.15) is 0 Å². The van der Waals surface area contributed by atoms with Crippen LogP contribution in [0, 0.1) is 0 Å². The molecule has 128 valence electrons. The Hall–Kier alpha value is -1.44. The zero-order chi connectivity index (χ0) is 16.7. The van der Waals surface area contributed by atoms with Gasteiger partial charge in [-0.1, -0.05) is 19.4 Å². The SMILES string of the molecule is CCCCNS(=O)(=O)c1cccc(C(=O)NC[C@H]2CCCO2)c1. The molecule has 2 N–H and O–H groups in total. The van der Waals surface area contributed by atoms with Crippen LogP contribution in [0.15, 0.2) is 29.2 Å². The first-order chi connectivity index (χ1) is 11.0. The summed E-state index contributed by atoms with van der Waals surface area (Å²) in [5, 5.41) is 2.79. The van der Waals surface area contributed by atoms with E-state index in [9.17, 15) is 13.2 Å². The van der Waals surface area contributed by atoms with Crippen LogP contribution in [0.1, 0.15) is 43.0 Å². The molecule has 23 heavy (non-hydrogen) atoms. The second kappa shape index (κ2) is 8.42. The van der Waals surface area contributed by atoms with Crippen molar-refractivity contribution >= 4 is 15.9 Å². The minimum atomic E-state index is -3.57. The van der Waals surface area contributed by atoms with Crippen LogP contribution in [-0.2, 0) is 14.8 Å². The van der Waals surface area contributed by atoms with Gasteiger partial charge in [0.05, 0.1) is 11.0 Å². The van der Waals surface area contributed by atoms with Crippen molar-refractivity contribution in [2.75, 3.05) is 19.7 Å². The Morgan fingerprint density at radius 1 is 1.39 bits per heavy atom. The first-order valence-electron chi connectivity index (χ1n) is 8.02. The van der Waals surface area contributed by atoms with Crippen molar-refractivity contribution in [2.24, 2.45) is 0 Å². The molecule has 0 unspecified atom stereocenters. The maximum absolute atomic E-state index is 12.2. The third-order valence-electron chi connectivity index (χ3n) is 3.74. The number of hydrogen-bond donors (Lipinski definition) is 2. The Morgan fingerprint density at radius 2 is 2.22 bits per heavy atom.